The van der Waals surface area contributed by atoms with Crippen LogP contribution in [0.25, 0.3) is 0 Å². The van der Waals surface area contributed by atoms with E-state index in [1.807, 2.05) is 36.4 Å². The van der Waals surface area contributed by atoms with Gasteiger partial charge in [-0.25, -0.2) is 9.48 Å². The van der Waals surface area contributed by atoms with Crippen molar-refractivity contribution in [1.29, 1.82) is 0 Å². The summed E-state index contributed by atoms with van der Waals surface area (Å²) >= 11 is 0. The Morgan fingerprint density at radius 1 is 0.649 bits per heavy atom. The van der Waals surface area contributed by atoms with Crippen molar-refractivity contribution in [2.45, 2.75) is 40.9 Å². The van der Waals surface area contributed by atoms with Gasteiger partial charge in [0.25, 0.3) is 0 Å². The lowest BCUT2D eigenvalue weighted by Crippen LogP contribution is -2.20. The van der Waals surface area contributed by atoms with Crippen LogP contribution in [0.3, 0.4) is 0 Å². The standard InChI is InChI=1S/C33H35N2O2/c1-24-17-30(36-21-28-11-7-5-8-12-28)18-25(2)32(24)34-15-16-35(23-34)33-26(3)19-31(20-27(33)4)37-22-29-13-9-6-10-14-29/h5-14,17-20,23H,15-16,21-22H2,1-4H3/q+1. The molecule has 0 amide bonds. The van der Waals surface area contributed by atoms with Gasteiger partial charge in [-0.3, -0.25) is 0 Å². The minimum absolute atomic E-state index is 0.576. The summed E-state index contributed by atoms with van der Waals surface area (Å²) < 4.78 is 14.6. The van der Waals surface area contributed by atoms with E-state index < -0.39 is 0 Å². The molecule has 0 spiro atoms. The summed E-state index contributed by atoms with van der Waals surface area (Å²) in [5, 5.41) is 0. The first kappa shape index (κ1) is 24.6. The Kier molecular flexibility index (Phi) is 7.27. The number of aryl methyl sites for hydroxylation is 4. The number of rotatable bonds is 8. The molecule has 0 saturated heterocycles. The van der Waals surface area contributed by atoms with Crippen LogP contribution in [0.15, 0.2) is 84.9 Å². The molecule has 0 saturated carbocycles. The van der Waals surface area contributed by atoms with E-state index in [4.69, 9.17) is 9.47 Å². The second-order valence-electron chi connectivity index (χ2n) is 9.86. The molecule has 0 atom stereocenters. The van der Waals surface area contributed by atoms with E-state index in [0.717, 1.165) is 24.6 Å². The van der Waals surface area contributed by atoms with Gasteiger partial charge < -0.3 is 9.47 Å². The lowest BCUT2D eigenvalue weighted by Gasteiger charge is -2.15. The lowest BCUT2D eigenvalue weighted by molar-refractivity contribution is -0.425. The van der Waals surface area contributed by atoms with Gasteiger partial charge in [-0.05, 0) is 85.3 Å². The second kappa shape index (κ2) is 10.9. The SMILES string of the molecule is Cc1cc(OCc2ccccc2)cc(C)c1N1C=[N+](c2c(C)cc(OCc3ccccc3)cc2C)CC1. The number of nitrogens with zero attached hydrogens (tertiary/aromatic N) is 2. The number of benzene rings is 4. The van der Waals surface area contributed by atoms with E-state index in [1.54, 1.807) is 0 Å². The van der Waals surface area contributed by atoms with E-state index >= 15 is 0 Å². The minimum atomic E-state index is 0.576. The third kappa shape index (κ3) is 5.69. The molecule has 1 heterocycles. The molecule has 0 N–H and O–H groups in total. The van der Waals surface area contributed by atoms with Gasteiger partial charge in [0.1, 0.15) is 49.2 Å². The molecule has 188 valence electrons. The number of ether oxygens (including phenoxy) is 2. The van der Waals surface area contributed by atoms with Gasteiger partial charge in [0.2, 0.25) is 6.34 Å². The van der Waals surface area contributed by atoms with Crippen LogP contribution in [-0.2, 0) is 13.2 Å². The van der Waals surface area contributed by atoms with Gasteiger partial charge in [-0.1, -0.05) is 60.7 Å². The van der Waals surface area contributed by atoms with E-state index in [-0.39, 0.29) is 0 Å². The van der Waals surface area contributed by atoms with Gasteiger partial charge >= 0.3 is 0 Å². The molecule has 0 aromatic heterocycles. The number of hydrogen-bond acceptors (Lipinski definition) is 3. The third-order valence-corrected chi connectivity index (χ3v) is 6.86. The maximum absolute atomic E-state index is 6.10. The molecular weight excluding hydrogens is 456 g/mol. The van der Waals surface area contributed by atoms with E-state index in [9.17, 15) is 0 Å². The molecule has 5 rings (SSSR count). The average molecular weight is 492 g/mol. The highest BCUT2D eigenvalue weighted by atomic mass is 16.5. The summed E-state index contributed by atoms with van der Waals surface area (Å²) in [5.41, 5.74) is 9.75. The quantitative estimate of drug-likeness (QED) is 0.242. The zero-order valence-electron chi connectivity index (χ0n) is 22.2. The summed E-state index contributed by atoms with van der Waals surface area (Å²) in [6.07, 6.45) is 2.25. The monoisotopic (exact) mass is 491 g/mol. The van der Waals surface area contributed by atoms with Crippen molar-refractivity contribution in [3.05, 3.63) is 118 Å². The summed E-state index contributed by atoms with van der Waals surface area (Å²) in [6.45, 7) is 11.7. The lowest BCUT2D eigenvalue weighted by atomic mass is 10.1. The highest BCUT2D eigenvalue weighted by Crippen LogP contribution is 2.33. The first-order valence-corrected chi connectivity index (χ1v) is 12.9. The fourth-order valence-corrected chi connectivity index (χ4v) is 5.23. The molecule has 0 bridgehead atoms. The molecule has 4 aromatic rings. The summed E-state index contributed by atoms with van der Waals surface area (Å²) in [7, 11) is 0. The van der Waals surface area contributed by atoms with Crippen molar-refractivity contribution in [2.24, 2.45) is 0 Å². The molecule has 1 aliphatic rings. The van der Waals surface area contributed by atoms with E-state index in [2.05, 4.69) is 92.0 Å². The van der Waals surface area contributed by atoms with Gasteiger partial charge in [-0.2, -0.15) is 0 Å². The molecule has 4 heteroatoms. The zero-order valence-corrected chi connectivity index (χ0v) is 22.2. The highest BCUT2D eigenvalue weighted by Gasteiger charge is 2.27. The number of anilines is 1. The molecule has 0 radical (unpaired) electrons. The first-order chi connectivity index (χ1) is 18.0. The van der Waals surface area contributed by atoms with Crippen molar-refractivity contribution in [2.75, 3.05) is 18.0 Å². The maximum Gasteiger partial charge on any atom is 0.244 e. The molecule has 4 nitrogen and oxygen atoms in total. The van der Waals surface area contributed by atoms with Gasteiger partial charge in [0, 0.05) is 0 Å². The van der Waals surface area contributed by atoms with Gasteiger partial charge in [0.15, 0.2) is 0 Å². The van der Waals surface area contributed by atoms with E-state index in [0.29, 0.717) is 13.2 Å². The minimum Gasteiger partial charge on any atom is -0.489 e. The summed E-state index contributed by atoms with van der Waals surface area (Å²) in [5.74, 6) is 1.83. The summed E-state index contributed by atoms with van der Waals surface area (Å²) in [4.78, 5) is 2.37. The van der Waals surface area contributed by atoms with Crippen LogP contribution in [0.5, 0.6) is 11.5 Å². The van der Waals surface area contributed by atoms with Crippen LogP contribution >= 0.6 is 0 Å². The van der Waals surface area contributed by atoms with Gasteiger partial charge in [-0.15, -0.1) is 0 Å². The Hall–Kier alpha value is -4.05. The molecule has 0 aliphatic carbocycles. The Morgan fingerprint density at radius 2 is 1.11 bits per heavy atom. The summed E-state index contributed by atoms with van der Waals surface area (Å²) in [6, 6.07) is 29.2. The zero-order chi connectivity index (χ0) is 25.8. The fraction of sp³-hybridized carbons (Fsp3) is 0.242. The molecule has 1 aliphatic heterocycles. The van der Waals surface area contributed by atoms with Crippen molar-refractivity contribution in [3.63, 3.8) is 0 Å². The largest absolute Gasteiger partial charge is 0.489 e. The van der Waals surface area contributed by atoms with Crippen molar-refractivity contribution < 1.29 is 14.0 Å². The predicted molar refractivity (Wildman–Crippen MR) is 152 cm³/mol. The average Bonchev–Trinajstić information content (AvgIpc) is 3.35. The van der Waals surface area contributed by atoms with Crippen molar-refractivity contribution in [3.8, 4) is 11.5 Å². The Labute approximate surface area is 220 Å². The van der Waals surface area contributed by atoms with Crippen molar-refractivity contribution >= 4 is 17.7 Å². The second-order valence-corrected chi connectivity index (χ2v) is 9.86. The number of hydrogen-bond donors (Lipinski definition) is 0. The van der Waals surface area contributed by atoms with Crippen LogP contribution in [0.4, 0.5) is 11.4 Å². The third-order valence-electron chi connectivity index (χ3n) is 6.86. The Morgan fingerprint density at radius 3 is 1.59 bits per heavy atom. The molecular formula is C33H35N2O2+. The first-order valence-electron chi connectivity index (χ1n) is 12.9. The predicted octanol–water partition coefficient (Wildman–Crippen LogP) is 7.27. The maximum atomic E-state index is 6.10. The Balaban J connectivity index is 1.32. The van der Waals surface area contributed by atoms with Crippen LogP contribution in [0, 0.1) is 27.7 Å². The van der Waals surface area contributed by atoms with Gasteiger partial charge in [0.05, 0.1) is 0 Å². The molecule has 4 aromatic carbocycles. The molecule has 37 heavy (non-hydrogen) atoms. The van der Waals surface area contributed by atoms with Crippen LogP contribution in [-0.4, -0.2) is 24.0 Å². The Bertz CT molecular complexity index is 1370. The molecule has 0 fully saturated rings. The smallest absolute Gasteiger partial charge is 0.244 e. The van der Waals surface area contributed by atoms with Crippen LogP contribution < -0.4 is 14.4 Å². The van der Waals surface area contributed by atoms with Crippen LogP contribution in [0.2, 0.25) is 0 Å². The fourth-order valence-electron chi connectivity index (χ4n) is 5.23. The highest BCUT2D eigenvalue weighted by molar-refractivity contribution is 5.82. The van der Waals surface area contributed by atoms with E-state index in [1.165, 1.54) is 44.8 Å². The van der Waals surface area contributed by atoms with Crippen molar-refractivity contribution in [1.82, 2.24) is 0 Å². The van der Waals surface area contributed by atoms with Crippen LogP contribution in [0.1, 0.15) is 33.4 Å². The molecule has 0 unspecified atom stereocenters. The topological polar surface area (TPSA) is 24.7 Å². The normalized spacial score (nSPS) is 13.0.